The molecule has 2 fully saturated rings. The maximum atomic E-state index is 13.1. The van der Waals surface area contributed by atoms with Gasteiger partial charge in [0.05, 0.1) is 121 Å². The Balaban J connectivity index is 0.631. The van der Waals surface area contributed by atoms with Crippen molar-refractivity contribution in [2.24, 2.45) is 4.99 Å². The Labute approximate surface area is 443 Å². The van der Waals surface area contributed by atoms with Crippen molar-refractivity contribution < 1.29 is 47.6 Å². The van der Waals surface area contributed by atoms with Gasteiger partial charge in [0.15, 0.2) is 5.17 Å². The number of rotatable bonds is 30. The van der Waals surface area contributed by atoms with Gasteiger partial charge in [0, 0.05) is 69.7 Å². The molecular weight excluding hydrogens is 985 g/mol. The fourth-order valence-electron chi connectivity index (χ4n) is 8.63. The number of nitrogens with one attached hydrogen (secondary N) is 4. The normalized spacial score (nSPS) is 17.1. The van der Waals surface area contributed by atoms with Crippen LogP contribution >= 0.6 is 11.8 Å². The first-order valence-electron chi connectivity index (χ1n) is 26.0. The molecular formula is C52H74N12O10S. The second kappa shape index (κ2) is 30.1. The molecule has 2 unspecified atom stereocenters. The summed E-state index contributed by atoms with van der Waals surface area (Å²) in [4.78, 5) is 75.6. The number of fused-ring (bicyclic) bond motifs is 1. The van der Waals surface area contributed by atoms with E-state index in [1.807, 2.05) is 31.3 Å². The molecule has 0 spiro atoms. The van der Waals surface area contributed by atoms with Crippen molar-refractivity contribution in [2.45, 2.75) is 63.3 Å². The van der Waals surface area contributed by atoms with Gasteiger partial charge in [-0.3, -0.25) is 29.1 Å². The van der Waals surface area contributed by atoms with Gasteiger partial charge in [0.25, 0.3) is 11.8 Å². The first-order chi connectivity index (χ1) is 36.5. The summed E-state index contributed by atoms with van der Waals surface area (Å²) in [5.41, 5.74) is 3.20. The fourth-order valence-corrected chi connectivity index (χ4v) is 9.62. The van der Waals surface area contributed by atoms with Crippen LogP contribution in [0.1, 0.15) is 72.8 Å². The molecule has 1 saturated heterocycles. The number of carbonyl (C=O) groups excluding carboxylic acids is 4. The number of carbonyl (C=O) groups is 4. The van der Waals surface area contributed by atoms with Crippen LogP contribution < -0.4 is 26.2 Å². The van der Waals surface area contributed by atoms with Gasteiger partial charge in [-0.15, -0.1) is 0 Å². The molecule has 75 heavy (non-hydrogen) atoms. The van der Waals surface area contributed by atoms with Crippen LogP contribution in [0.4, 0.5) is 23.1 Å². The Kier molecular flexibility index (Phi) is 22.8. The molecule has 4 amide bonds. The van der Waals surface area contributed by atoms with Crippen LogP contribution in [0.15, 0.2) is 59.9 Å². The Morgan fingerprint density at radius 2 is 1.37 bits per heavy atom. The molecule has 23 heteroatoms. The maximum absolute atomic E-state index is 13.1. The highest BCUT2D eigenvalue weighted by Gasteiger charge is 2.28. The number of ether oxygens (including phenoxy) is 6. The number of aliphatic imine (C=N–C) groups is 1. The van der Waals surface area contributed by atoms with Gasteiger partial charge in [-0.25, -0.2) is 9.97 Å². The minimum Gasteiger partial charge on any atom is -0.379 e. The number of nitrogens with zero attached hydrogens (tertiary/aromatic N) is 8. The summed E-state index contributed by atoms with van der Waals surface area (Å²) in [5.74, 6) is 0.405. The van der Waals surface area contributed by atoms with E-state index in [1.165, 1.54) is 11.8 Å². The Bertz CT molecular complexity index is 2480. The van der Waals surface area contributed by atoms with Gasteiger partial charge < -0.3 is 64.1 Å². The molecule has 2 atom stereocenters. The monoisotopic (exact) mass is 1060 g/mol. The first-order valence-corrected chi connectivity index (χ1v) is 26.9. The average Bonchev–Trinajstić information content (AvgIpc) is 4.15. The minimum absolute atomic E-state index is 0.0330. The van der Waals surface area contributed by atoms with Crippen molar-refractivity contribution in [1.29, 1.82) is 0 Å². The van der Waals surface area contributed by atoms with E-state index in [1.54, 1.807) is 49.5 Å². The van der Waals surface area contributed by atoms with Crippen LogP contribution in [0.2, 0.25) is 0 Å². The number of amidine groups is 1. The molecule has 7 rings (SSSR count). The van der Waals surface area contributed by atoms with Crippen LogP contribution in [0.3, 0.4) is 0 Å². The lowest BCUT2D eigenvalue weighted by atomic mass is 10.1. The highest BCUT2D eigenvalue weighted by Crippen LogP contribution is 2.35. The maximum Gasteiger partial charge on any atom is 0.270 e. The number of pyridine rings is 1. The van der Waals surface area contributed by atoms with E-state index in [0.29, 0.717) is 125 Å². The molecule has 4 N–H and O–H groups in total. The van der Waals surface area contributed by atoms with E-state index in [0.717, 1.165) is 68.6 Å². The van der Waals surface area contributed by atoms with E-state index < -0.39 is 0 Å². The highest BCUT2D eigenvalue weighted by atomic mass is 32.2. The molecule has 0 radical (unpaired) electrons. The molecule has 0 bridgehead atoms. The molecule has 1 aromatic carbocycles. The van der Waals surface area contributed by atoms with Gasteiger partial charge >= 0.3 is 0 Å². The van der Waals surface area contributed by atoms with Crippen molar-refractivity contribution in [2.75, 3.05) is 148 Å². The number of amides is 4. The summed E-state index contributed by atoms with van der Waals surface area (Å²) in [6.45, 7) is 12.6. The topological polar surface area (TPSA) is 237 Å². The van der Waals surface area contributed by atoms with E-state index in [9.17, 15) is 19.2 Å². The summed E-state index contributed by atoms with van der Waals surface area (Å²) in [7, 11) is 3.54. The van der Waals surface area contributed by atoms with E-state index >= 15 is 0 Å². The van der Waals surface area contributed by atoms with Crippen molar-refractivity contribution >= 4 is 74.7 Å². The fraction of sp³-hybridized carbons (Fsp3) is 0.577. The second-order valence-corrected chi connectivity index (χ2v) is 20.0. The van der Waals surface area contributed by atoms with Gasteiger partial charge in [-0.1, -0.05) is 43.7 Å². The molecule has 4 aromatic rings. The average molecular weight is 1060 g/mol. The van der Waals surface area contributed by atoms with E-state index in [2.05, 4.69) is 57.5 Å². The Hall–Kier alpha value is -5.79. The quantitative estimate of drug-likeness (QED) is 0.0531. The molecule has 22 nitrogen and oxygen atoms in total. The van der Waals surface area contributed by atoms with Crippen molar-refractivity contribution in [3.63, 3.8) is 0 Å². The summed E-state index contributed by atoms with van der Waals surface area (Å²) < 4.78 is 35.4. The third kappa shape index (κ3) is 17.9. The Morgan fingerprint density at radius 3 is 1.99 bits per heavy atom. The number of benzene rings is 1. The number of piperazine rings is 1. The largest absolute Gasteiger partial charge is 0.379 e. The first kappa shape index (κ1) is 56.9. The minimum atomic E-state index is -0.318. The molecule has 3 aliphatic rings. The predicted molar refractivity (Wildman–Crippen MR) is 288 cm³/mol. The molecule has 1 aliphatic carbocycles. The molecule has 408 valence electrons. The number of para-hydroxylation sites is 1. The summed E-state index contributed by atoms with van der Waals surface area (Å²) >= 11 is 1.52. The second-order valence-electron chi connectivity index (χ2n) is 18.6. The summed E-state index contributed by atoms with van der Waals surface area (Å²) in [6.07, 6.45) is 8.06. The zero-order chi connectivity index (χ0) is 52.8. The molecule has 2 aliphatic heterocycles. The van der Waals surface area contributed by atoms with Crippen molar-refractivity contribution in [3.8, 4) is 0 Å². The van der Waals surface area contributed by atoms with Crippen molar-refractivity contribution in [3.05, 3.63) is 66.1 Å². The number of anilines is 4. The SMILES string of the molecule is CC1N=C(NC(=O)c2ccccc2NC(=O)CCOCCOCCOCCOCCOCCOCCNC(=O)CN2CCN(c3ccc(Nc4ncc5cc(C(=O)N(C)C)n(C6CCCC6)c5n4)nc3)CC2)SC1C. The van der Waals surface area contributed by atoms with Gasteiger partial charge in [0.1, 0.15) is 17.2 Å². The highest BCUT2D eigenvalue weighted by molar-refractivity contribution is 8.14. The van der Waals surface area contributed by atoms with Crippen LogP contribution in [0, 0.1) is 0 Å². The van der Waals surface area contributed by atoms with Crippen molar-refractivity contribution in [1.82, 2.24) is 40.0 Å². The lowest BCUT2D eigenvalue weighted by molar-refractivity contribution is -0.122. The number of thioether (sulfide) groups is 1. The number of aromatic nitrogens is 4. The third-order valence-corrected chi connectivity index (χ3v) is 14.0. The zero-order valence-electron chi connectivity index (χ0n) is 43.8. The van der Waals surface area contributed by atoms with Gasteiger partial charge in [-0.05, 0) is 50.1 Å². The van der Waals surface area contributed by atoms with Gasteiger partial charge in [-0.2, -0.15) is 4.98 Å². The molecule has 1 saturated carbocycles. The summed E-state index contributed by atoms with van der Waals surface area (Å²) in [6, 6.07) is 13.1. The summed E-state index contributed by atoms with van der Waals surface area (Å²) in [5, 5.41) is 13.6. The smallest absolute Gasteiger partial charge is 0.270 e. The molecule has 5 heterocycles. The van der Waals surface area contributed by atoms with E-state index in [-0.39, 0.29) is 48.7 Å². The van der Waals surface area contributed by atoms with Gasteiger partial charge in [0.2, 0.25) is 17.8 Å². The van der Waals surface area contributed by atoms with Crippen LogP contribution in [0.5, 0.6) is 0 Å². The molecule has 3 aromatic heterocycles. The number of hydrogen-bond acceptors (Lipinski definition) is 18. The standard InChI is InChI=1S/C52H74N12O10S/c1-37-38(2)75-52(56-37)60-49(67)42-11-7-8-12-43(42)57-46(65)15-21-69-23-25-71-27-29-73-31-32-74-30-28-72-26-24-70-22-16-53-47(66)36-62-17-19-63(20-18-62)41-13-14-45(54-35-41)58-51-55-34-39-33-44(50(68)61(3)4)64(48(39)59-51)40-9-5-6-10-40/h7-8,11-14,33-35,37-38,40H,5-6,9-10,15-32,36H2,1-4H3,(H,53,66)(H,57,65)(H,56,60,67)(H,54,55,58,59). The zero-order valence-corrected chi connectivity index (χ0v) is 44.6. The lowest BCUT2D eigenvalue weighted by Crippen LogP contribution is -2.49. The third-order valence-electron chi connectivity index (χ3n) is 12.8. The lowest BCUT2D eigenvalue weighted by Gasteiger charge is -2.35. The van der Waals surface area contributed by atoms with Crippen LogP contribution in [0.25, 0.3) is 11.0 Å². The Morgan fingerprint density at radius 1 is 0.733 bits per heavy atom. The number of hydrogen-bond donors (Lipinski definition) is 4. The van der Waals surface area contributed by atoms with Crippen LogP contribution in [-0.4, -0.2) is 202 Å². The van der Waals surface area contributed by atoms with Crippen LogP contribution in [-0.2, 0) is 38.0 Å². The van der Waals surface area contributed by atoms with E-state index in [4.69, 9.17) is 33.4 Å². The predicted octanol–water partition coefficient (Wildman–Crippen LogP) is 4.36.